The SMILES string of the molecule is CCCNCc1cc(F)c(N(C)C(C)CC(C)C)c(F)c1. The maximum absolute atomic E-state index is 14.3. The summed E-state index contributed by atoms with van der Waals surface area (Å²) in [6.07, 6.45) is 1.90. The van der Waals surface area contributed by atoms with Crippen LogP contribution in [0.5, 0.6) is 0 Å². The summed E-state index contributed by atoms with van der Waals surface area (Å²) in [6, 6.07) is 2.96. The van der Waals surface area contributed by atoms with Crippen LogP contribution in [0.1, 0.15) is 46.1 Å². The molecule has 21 heavy (non-hydrogen) atoms. The molecule has 0 saturated carbocycles. The summed E-state index contributed by atoms with van der Waals surface area (Å²) in [4.78, 5) is 1.70. The largest absolute Gasteiger partial charge is 0.367 e. The molecule has 1 aromatic carbocycles. The molecule has 0 aliphatic carbocycles. The molecule has 1 rings (SSSR count). The van der Waals surface area contributed by atoms with Crippen molar-refractivity contribution in [3.8, 4) is 0 Å². The van der Waals surface area contributed by atoms with Crippen LogP contribution >= 0.6 is 0 Å². The minimum absolute atomic E-state index is 0.0717. The van der Waals surface area contributed by atoms with Crippen molar-refractivity contribution in [2.45, 2.75) is 53.1 Å². The van der Waals surface area contributed by atoms with Crippen molar-refractivity contribution in [2.24, 2.45) is 5.92 Å². The van der Waals surface area contributed by atoms with Crippen LogP contribution in [0, 0.1) is 17.6 Å². The Labute approximate surface area is 127 Å². The molecule has 0 spiro atoms. The third kappa shape index (κ3) is 5.27. The van der Waals surface area contributed by atoms with Gasteiger partial charge in [0, 0.05) is 19.6 Å². The normalized spacial score (nSPS) is 12.8. The van der Waals surface area contributed by atoms with Crippen molar-refractivity contribution in [3.63, 3.8) is 0 Å². The van der Waals surface area contributed by atoms with Gasteiger partial charge in [-0.25, -0.2) is 8.78 Å². The van der Waals surface area contributed by atoms with Gasteiger partial charge in [0.25, 0.3) is 0 Å². The summed E-state index contributed by atoms with van der Waals surface area (Å²) in [5.41, 5.74) is 0.717. The standard InChI is InChI=1S/C17H28F2N2/c1-6-7-20-11-14-9-15(18)17(16(19)10-14)21(5)13(4)8-12(2)3/h9-10,12-13,20H,6-8,11H2,1-5H3. The lowest BCUT2D eigenvalue weighted by molar-refractivity contribution is 0.488. The average Bonchev–Trinajstić information content (AvgIpc) is 2.37. The number of halogens is 2. The van der Waals surface area contributed by atoms with Crippen molar-refractivity contribution in [3.05, 3.63) is 29.3 Å². The zero-order valence-corrected chi connectivity index (χ0v) is 13.8. The summed E-state index contributed by atoms with van der Waals surface area (Å²) in [5.74, 6) is -0.478. The van der Waals surface area contributed by atoms with Gasteiger partial charge in [0.1, 0.15) is 17.3 Å². The van der Waals surface area contributed by atoms with E-state index in [9.17, 15) is 8.78 Å². The second kappa shape index (κ2) is 8.32. The minimum atomic E-state index is -0.485. The van der Waals surface area contributed by atoms with E-state index in [2.05, 4.69) is 26.1 Å². The highest BCUT2D eigenvalue weighted by Gasteiger charge is 2.20. The fourth-order valence-corrected chi connectivity index (χ4v) is 2.53. The van der Waals surface area contributed by atoms with Gasteiger partial charge in [-0.1, -0.05) is 20.8 Å². The second-order valence-corrected chi connectivity index (χ2v) is 6.17. The smallest absolute Gasteiger partial charge is 0.149 e. The summed E-state index contributed by atoms with van der Waals surface area (Å²) in [6.45, 7) is 9.61. The van der Waals surface area contributed by atoms with E-state index in [1.165, 1.54) is 12.1 Å². The Morgan fingerprint density at radius 1 is 1.14 bits per heavy atom. The number of hydrogen-bond donors (Lipinski definition) is 1. The number of benzene rings is 1. The van der Waals surface area contributed by atoms with Crippen molar-refractivity contribution < 1.29 is 8.78 Å². The highest BCUT2D eigenvalue weighted by molar-refractivity contribution is 5.50. The molecule has 1 unspecified atom stereocenters. The number of hydrogen-bond acceptors (Lipinski definition) is 2. The summed E-state index contributed by atoms with van der Waals surface area (Å²) in [7, 11) is 1.75. The Morgan fingerprint density at radius 2 is 1.71 bits per heavy atom. The third-order valence-corrected chi connectivity index (χ3v) is 3.66. The quantitative estimate of drug-likeness (QED) is 0.718. The van der Waals surface area contributed by atoms with Gasteiger partial charge in [-0.2, -0.15) is 0 Å². The van der Waals surface area contributed by atoms with Crippen LogP contribution in [-0.4, -0.2) is 19.6 Å². The van der Waals surface area contributed by atoms with Gasteiger partial charge in [0.15, 0.2) is 0 Å². The molecule has 0 saturated heterocycles. The lowest BCUT2D eigenvalue weighted by Gasteiger charge is -2.29. The van der Waals surface area contributed by atoms with E-state index < -0.39 is 11.6 Å². The van der Waals surface area contributed by atoms with Gasteiger partial charge in [-0.3, -0.25) is 0 Å². The van der Waals surface area contributed by atoms with E-state index in [1.54, 1.807) is 11.9 Å². The third-order valence-electron chi connectivity index (χ3n) is 3.66. The molecule has 0 amide bonds. The van der Waals surface area contributed by atoms with Crippen LogP contribution in [0.4, 0.5) is 14.5 Å². The molecule has 1 aromatic rings. The predicted molar refractivity (Wildman–Crippen MR) is 85.7 cm³/mol. The van der Waals surface area contributed by atoms with Crippen LogP contribution in [0.2, 0.25) is 0 Å². The molecule has 2 nitrogen and oxygen atoms in total. The number of nitrogens with zero attached hydrogens (tertiary/aromatic N) is 1. The Hall–Kier alpha value is -1.16. The molecule has 120 valence electrons. The highest BCUT2D eigenvalue weighted by Crippen LogP contribution is 2.27. The number of rotatable bonds is 8. The van der Waals surface area contributed by atoms with E-state index in [0.717, 1.165) is 19.4 Å². The lowest BCUT2D eigenvalue weighted by Crippen LogP contribution is -2.31. The van der Waals surface area contributed by atoms with Gasteiger partial charge in [-0.05, 0) is 49.9 Å². The first-order valence-corrected chi connectivity index (χ1v) is 7.78. The maximum Gasteiger partial charge on any atom is 0.149 e. The molecule has 0 aliphatic rings. The zero-order valence-electron chi connectivity index (χ0n) is 13.8. The first kappa shape index (κ1) is 17.9. The Morgan fingerprint density at radius 3 is 2.19 bits per heavy atom. The van der Waals surface area contributed by atoms with Gasteiger partial charge in [0.2, 0.25) is 0 Å². The number of anilines is 1. The van der Waals surface area contributed by atoms with Gasteiger partial charge >= 0.3 is 0 Å². The summed E-state index contributed by atoms with van der Waals surface area (Å²) >= 11 is 0. The molecule has 1 N–H and O–H groups in total. The minimum Gasteiger partial charge on any atom is -0.367 e. The van der Waals surface area contributed by atoms with Crippen molar-refractivity contribution in [1.29, 1.82) is 0 Å². The van der Waals surface area contributed by atoms with Gasteiger partial charge < -0.3 is 10.2 Å². The van der Waals surface area contributed by atoms with Crippen LogP contribution < -0.4 is 10.2 Å². The Balaban J connectivity index is 2.88. The Bertz CT molecular complexity index is 423. The van der Waals surface area contributed by atoms with Crippen molar-refractivity contribution in [2.75, 3.05) is 18.5 Å². The predicted octanol–water partition coefficient (Wildman–Crippen LogP) is 4.34. The van der Waals surface area contributed by atoms with Crippen LogP contribution in [0.15, 0.2) is 12.1 Å². The molecule has 4 heteroatoms. The van der Waals surface area contributed by atoms with E-state index in [4.69, 9.17) is 0 Å². The van der Waals surface area contributed by atoms with Gasteiger partial charge in [-0.15, -0.1) is 0 Å². The first-order chi connectivity index (χ1) is 9.86. The number of nitrogens with one attached hydrogen (secondary N) is 1. The molecule has 1 atom stereocenters. The zero-order chi connectivity index (χ0) is 16.0. The van der Waals surface area contributed by atoms with E-state index >= 15 is 0 Å². The molecular formula is C17H28F2N2. The fraction of sp³-hybridized carbons (Fsp3) is 0.647. The Kier molecular flexibility index (Phi) is 7.09. The molecule has 0 radical (unpaired) electrons. The lowest BCUT2D eigenvalue weighted by atomic mass is 10.0. The molecule has 0 bridgehead atoms. The molecule has 0 aromatic heterocycles. The molecule has 0 aliphatic heterocycles. The summed E-state index contributed by atoms with van der Waals surface area (Å²) < 4.78 is 28.5. The molecule has 0 fully saturated rings. The van der Waals surface area contributed by atoms with Crippen molar-refractivity contribution >= 4 is 5.69 Å². The fourth-order valence-electron chi connectivity index (χ4n) is 2.53. The topological polar surface area (TPSA) is 15.3 Å². The van der Waals surface area contributed by atoms with Crippen molar-refractivity contribution in [1.82, 2.24) is 5.32 Å². The monoisotopic (exact) mass is 298 g/mol. The van der Waals surface area contributed by atoms with E-state index in [1.807, 2.05) is 6.92 Å². The van der Waals surface area contributed by atoms with E-state index in [0.29, 0.717) is 18.0 Å². The first-order valence-electron chi connectivity index (χ1n) is 7.78. The maximum atomic E-state index is 14.3. The molecular weight excluding hydrogens is 270 g/mol. The van der Waals surface area contributed by atoms with E-state index in [-0.39, 0.29) is 11.7 Å². The second-order valence-electron chi connectivity index (χ2n) is 6.17. The van der Waals surface area contributed by atoms with Crippen LogP contribution in [0.25, 0.3) is 0 Å². The average molecular weight is 298 g/mol. The van der Waals surface area contributed by atoms with Gasteiger partial charge in [0.05, 0.1) is 0 Å². The highest BCUT2D eigenvalue weighted by atomic mass is 19.1. The van der Waals surface area contributed by atoms with Crippen LogP contribution in [-0.2, 0) is 6.54 Å². The summed E-state index contributed by atoms with van der Waals surface area (Å²) in [5, 5.41) is 3.16. The van der Waals surface area contributed by atoms with Crippen LogP contribution in [0.3, 0.4) is 0 Å². The molecule has 0 heterocycles.